The fraction of sp³-hybridized carbons (Fsp3) is 1.00. The van der Waals surface area contributed by atoms with Crippen molar-refractivity contribution in [2.24, 2.45) is 5.92 Å². The minimum atomic E-state index is -5.63. The standard InChI is InChI=1S/C10H16F5NOS/c1-8(2,3)18(17)16-7(6-4-5-6)9(11,12)10(13,14)15/h6-7,16H,4-5H2,1-3H3/t7?,18-/m1/s1. The maximum Gasteiger partial charge on any atom is 0.455 e. The zero-order valence-electron chi connectivity index (χ0n) is 10.3. The second kappa shape index (κ2) is 4.79. The maximum absolute atomic E-state index is 13.3. The molecule has 0 aromatic carbocycles. The molecule has 1 rings (SSSR count). The van der Waals surface area contributed by atoms with Crippen LogP contribution in [0.3, 0.4) is 0 Å². The van der Waals surface area contributed by atoms with Crippen LogP contribution >= 0.6 is 0 Å². The lowest BCUT2D eigenvalue weighted by atomic mass is 10.1. The van der Waals surface area contributed by atoms with E-state index < -0.39 is 40.2 Å². The average Bonchev–Trinajstić information content (AvgIpc) is 2.92. The van der Waals surface area contributed by atoms with Crippen molar-refractivity contribution in [1.29, 1.82) is 0 Å². The fourth-order valence-electron chi connectivity index (χ4n) is 1.36. The molecule has 0 saturated heterocycles. The lowest BCUT2D eigenvalue weighted by Gasteiger charge is -2.32. The molecule has 0 amide bonds. The Kier molecular flexibility index (Phi) is 4.25. The third-order valence-corrected chi connectivity index (χ3v) is 4.23. The molecule has 0 aromatic heterocycles. The van der Waals surface area contributed by atoms with Gasteiger partial charge in [-0.2, -0.15) is 22.0 Å². The van der Waals surface area contributed by atoms with Crippen molar-refractivity contribution in [1.82, 2.24) is 4.72 Å². The van der Waals surface area contributed by atoms with Crippen LogP contribution in [0.4, 0.5) is 22.0 Å². The highest BCUT2D eigenvalue weighted by Gasteiger charge is 2.66. The molecule has 0 bridgehead atoms. The van der Waals surface area contributed by atoms with Crippen molar-refractivity contribution in [2.45, 2.75) is 56.5 Å². The van der Waals surface area contributed by atoms with Crippen LogP contribution in [0, 0.1) is 5.92 Å². The van der Waals surface area contributed by atoms with Gasteiger partial charge in [0.25, 0.3) is 0 Å². The summed E-state index contributed by atoms with van der Waals surface area (Å²) in [5.41, 5.74) is 0. The van der Waals surface area contributed by atoms with E-state index in [-0.39, 0.29) is 0 Å². The summed E-state index contributed by atoms with van der Waals surface area (Å²) < 4.78 is 76.4. The van der Waals surface area contributed by atoms with Gasteiger partial charge >= 0.3 is 12.1 Å². The minimum absolute atomic E-state index is 0.296. The van der Waals surface area contributed by atoms with Crippen LogP contribution in [0.5, 0.6) is 0 Å². The highest BCUT2D eigenvalue weighted by atomic mass is 32.2. The molecule has 0 aromatic rings. The second-order valence-electron chi connectivity index (χ2n) is 5.43. The molecule has 1 N–H and O–H groups in total. The van der Waals surface area contributed by atoms with Gasteiger partial charge in [-0.15, -0.1) is 4.72 Å². The normalized spacial score (nSPS) is 21.8. The number of alkyl halides is 5. The van der Waals surface area contributed by atoms with Gasteiger partial charge < -0.3 is 4.55 Å². The number of halogens is 5. The Bertz CT molecular complexity index is 298. The molecule has 0 heterocycles. The van der Waals surface area contributed by atoms with E-state index in [0.29, 0.717) is 12.8 Å². The molecule has 108 valence electrons. The van der Waals surface area contributed by atoms with Gasteiger partial charge in [0.1, 0.15) is 10.8 Å². The van der Waals surface area contributed by atoms with Crippen molar-refractivity contribution in [3.05, 3.63) is 0 Å². The summed E-state index contributed by atoms with van der Waals surface area (Å²) in [7, 11) is 0. The SMILES string of the molecule is CC(C)(C)[S@@+]([O-])NC(C1CC1)C(F)(F)C(F)(F)F. The van der Waals surface area contributed by atoms with E-state index in [0.717, 1.165) is 0 Å². The predicted octanol–water partition coefficient (Wildman–Crippen LogP) is 3.01. The van der Waals surface area contributed by atoms with Crippen molar-refractivity contribution in [3.63, 3.8) is 0 Å². The summed E-state index contributed by atoms with van der Waals surface area (Å²) in [6.45, 7) is 4.52. The molecule has 0 radical (unpaired) electrons. The van der Waals surface area contributed by atoms with Crippen LogP contribution < -0.4 is 4.72 Å². The highest BCUT2D eigenvalue weighted by molar-refractivity contribution is 7.90. The summed E-state index contributed by atoms with van der Waals surface area (Å²) >= 11 is -1.96. The summed E-state index contributed by atoms with van der Waals surface area (Å²) in [6.07, 6.45) is -5.04. The summed E-state index contributed by atoms with van der Waals surface area (Å²) in [5.74, 6) is -5.64. The Balaban J connectivity index is 2.85. The van der Waals surface area contributed by atoms with E-state index in [1.165, 1.54) is 20.8 Å². The van der Waals surface area contributed by atoms with Gasteiger partial charge in [0, 0.05) is 11.4 Å². The lowest BCUT2D eigenvalue weighted by molar-refractivity contribution is -0.293. The maximum atomic E-state index is 13.3. The molecule has 1 unspecified atom stereocenters. The Morgan fingerprint density at radius 2 is 1.56 bits per heavy atom. The molecule has 1 saturated carbocycles. The smallest absolute Gasteiger partial charge is 0.455 e. The second-order valence-corrected chi connectivity index (χ2v) is 7.43. The van der Waals surface area contributed by atoms with Crippen LogP contribution in [-0.4, -0.2) is 27.4 Å². The Hall–Kier alpha value is -0.0800. The molecular formula is C10H16F5NOS. The van der Waals surface area contributed by atoms with Crippen LogP contribution in [0.1, 0.15) is 33.6 Å². The molecule has 1 aliphatic rings. The summed E-state index contributed by atoms with van der Waals surface area (Å²) in [6, 6.07) is -2.11. The zero-order chi connectivity index (χ0) is 14.4. The van der Waals surface area contributed by atoms with Gasteiger partial charge in [0.15, 0.2) is 0 Å². The molecule has 18 heavy (non-hydrogen) atoms. The first-order valence-corrected chi connectivity index (χ1v) is 6.65. The van der Waals surface area contributed by atoms with E-state index in [4.69, 9.17) is 0 Å². The van der Waals surface area contributed by atoms with E-state index >= 15 is 0 Å². The molecule has 1 aliphatic carbocycles. The van der Waals surface area contributed by atoms with Gasteiger partial charge in [-0.3, -0.25) is 0 Å². The Morgan fingerprint density at radius 3 is 1.83 bits per heavy atom. The molecule has 1 fully saturated rings. The van der Waals surface area contributed by atoms with Gasteiger partial charge in [0.2, 0.25) is 0 Å². The largest absolute Gasteiger partial charge is 0.598 e. The third kappa shape index (κ3) is 3.48. The monoisotopic (exact) mass is 293 g/mol. The van der Waals surface area contributed by atoms with Crippen molar-refractivity contribution in [2.75, 3.05) is 0 Å². The molecule has 2 nitrogen and oxygen atoms in total. The summed E-state index contributed by atoms with van der Waals surface area (Å²) in [4.78, 5) is 0. The zero-order valence-corrected chi connectivity index (χ0v) is 11.1. The van der Waals surface area contributed by atoms with E-state index in [1.54, 1.807) is 0 Å². The van der Waals surface area contributed by atoms with Crippen molar-refractivity contribution in [3.8, 4) is 0 Å². The average molecular weight is 293 g/mol. The van der Waals surface area contributed by atoms with E-state index in [1.807, 2.05) is 4.72 Å². The number of hydrogen-bond acceptors (Lipinski definition) is 2. The number of rotatable bonds is 4. The van der Waals surface area contributed by atoms with Crippen LogP contribution in [0.2, 0.25) is 0 Å². The van der Waals surface area contributed by atoms with Crippen molar-refractivity contribution >= 4 is 11.4 Å². The van der Waals surface area contributed by atoms with E-state index in [9.17, 15) is 26.5 Å². The first kappa shape index (κ1) is 16.0. The lowest BCUT2D eigenvalue weighted by Crippen LogP contribution is -2.58. The van der Waals surface area contributed by atoms with Crippen LogP contribution in [0.25, 0.3) is 0 Å². The quantitative estimate of drug-likeness (QED) is 0.639. The molecule has 2 atom stereocenters. The molecule has 0 aliphatic heterocycles. The fourth-order valence-corrected chi connectivity index (χ4v) is 2.29. The van der Waals surface area contributed by atoms with Gasteiger partial charge in [-0.25, -0.2) is 0 Å². The molecule has 8 heteroatoms. The predicted molar refractivity (Wildman–Crippen MR) is 58.5 cm³/mol. The Labute approximate surface area is 106 Å². The van der Waals surface area contributed by atoms with Gasteiger partial charge in [-0.1, -0.05) is 0 Å². The van der Waals surface area contributed by atoms with Crippen LogP contribution in [-0.2, 0) is 11.4 Å². The first-order valence-electron chi connectivity index (χ1n) is 5.50. The Morgan fingerprint density at radius 1 is 1.11 bits per heavy atom. The molecular weight excluding hydrogens is 277 g/mol. The highest BCUT2D eigenvalue weighted by Crippen LogP contribution is 2.47. The van der Waals surface area contributed by atoms with Gasteiger partial charge in [0.05, 0.1) is 0 Å². The first-order chi connectivity index (χ1) is 7.87. The number of hydrogen-bond donors (Lipinski definition) is 1. The summed E-state index contributed by atoms with van der Waals surface area (Å²) in [5, 5.41) is 0. The number of nitrogens with one attached hydrogen (secondary N) is 1. The van der Waals surface area contributed by atoms with E-state index in [2.05, 4.69) is 0 Å². The topological polar surface area (TPSA) is 35.1 Å². The molecule has 0 spiro atoms. The van der Waals surface area contributed by atoms with Crippen molar-refractivity contribution < 1.29 is 26.5 Å². The van der Waals surface area contributed by atoms with Gasteiger partial charge in [-0.05, 0) is 39.5 Å². The third-order valence-electron chi connectivity index (χ3n) is 2.65. The minimum Gasteiger partial charge on any atom is -0.598 e. The van der Waals surface area contributed by atoms with Crippen LogP contribution in [0.15, 0.2) is 0 Å².